The highest BCUT2D eigenvalue weighted by molar-refractivity contribution is 7.98. The van der Waals surface area contributed by atoms with Crippen molar-refractivity contribution in [1.29, 1.82) is 0 Å². The van der Waals surface area contributed by atoms with Crippen molar-refractivity contribution in [1.82, 2.24) is 0 Å². The Morgan fingerprint density at radius 2 is 2.14 bits per heavy atom. The molecule has 0 fully saturated rings. The Morgan fingerprint density at radius 1 is 1.43 bits per heavy atom. The molecule has 1 aliphatic rings. The smallest absolute Gasteiger partial charge is 0.282 e. The SMILES string of the molecule is CSc1ccc(C2COC(N)=N2)cc1. The number of ether oxygens (including phenoxy) is 1. The van der Waals surface area contributed by atoms with E-state index in [0.29, 0.717) is 12.6 Å². The van der Waals surface area contributed by atoms with Gasteiger partial charge in [0, 0.05) is 4.90 Å². The van der Waals surface area contributed by atoms with Gasteiger partial charge in [0.2, 0.25) is 0 Å². The van der Waals surface area contributed by atoms with Crippen molar-refractivity contribution in [3.05, 3.63) is 29.8 Å². The molecule has 74 valence electrons. The number of amidine groups is 1. The van der Waals surface area contributed by atoms with Crippen LogP contribution >= 0.6 is 11.8 Å². The zero-order valence-electron chi connectivity index (χ0n) is 7.93. The molecule has 2 rings (SSSR count). The molecule has 0 aliphatic carbocycles. The van der Waals surface area contributed by atoms with E-state index in [1.807, 2.05) is 0 Å². The molecule has 14 heavy (non-hydrogen) atoms. The minimum absolute atomic E-state index is 0.0749. The molecule has 1 heterocycles. The van der Waals surface area contributed by atoms with Crippen LogP contribution in [0.1, 0.15) is 11.6 Å². The monoisotopic (exact) mass is 208 g/mol. The van der Waals surface area contributed by atoms with Gasteiger partial charge in [-0.1, -0.05) is 12.1 Å². The van der Waals surface area contributed by atoms with Gasteiger partial charge in [-0.25, -0.2) is 4.99 Å². The number of nitrogens with zero attached hydrogens (tertiary/aromatic N) is 1. The average Bonchev–Trinajstić information content (AvgIpc) is 2.65. The summed E-state index contributed by atoms with van der Waals surface area (Å²) >= 11 is 1.73. The number of nitrogens with two attached hydrogens (primary N) is 1. The van der Waals surface area contributed by atoms with Gasteiger partial charge < -0.3 is 10.5 Å². The van der Waals surface area contributed by atoms with Crippen LogP contribution in [0.25, 0.3) is 0 Å². The van der Waals surface area contributed by atoms with E-state index in [2.05, 4.69) is 35.5 Å². The zero-order valence-corrected chi connectivity index (χ0v) is 8.75. The first-order valence-corrected chi connectivity index (χ1v) is 5.62. The van der Waals surface area contributed by atoms with E-state index in [9.17, 15) is 0 Å². The maximum atomic E-state index is 5.44. The summed E-state index contributed by atoms with van der Waals surface area (Å²) in [7, 11) is 0. The first-order chi connectivity index (χ1) is 6.79. The summed E-state index contributed by atoms with van der Waals surface area (Å²) in [6, 6.07) is 8.69. The van der Waals surface area contributed by atoms with Crippen LogP contribution in [0.2, 0.25) is 0 Å². The van der Waals surface area contributed by atoms with Crippen LogP contribution in [0.4, 0.5) is 0 Å². The highest BCUT2D eigenvalue weighted by Crippen LogP contribution is 2.24. The van der Waals surface area contributed by atoms with Crippen LogP contribution in [0.5, 0.6) is 0 Å². The Hall–Kier alpha value is -1.16. The molecule has 0 spiro atoms. The van der Waals surface area contributed by atoms with Crippen molar-refractivity contribution in [2.24, 2.45) is 10.7 Å². The van der Waals surface area contributed by atoms with Crippen molar-refractivity contribution in [3.63, 3.8) is 0 Å². The summed E-state index contributed by atoms with van der Waals surface area (Å²) in [5, 5.41) is 0. The average molecular weight is 208 g/mol. The van der Waals surface area contributed by atoms with E-state index in [1.54, 1.807) is 11.8 Å². The van der Waals surface area contributed by atoms with Crippen LogP contribution in [-0.2, 0) is 4.74 Å². The van der Waals surface area contributed by atoms with Gasteiger partial charge in [0.25, 0.3) is 6.02 Å². The molecular formula is C10H12N2OS. The first kappa shape index (κ1) is 9.40. The molecule has 0 radical (unpaired) electrons. The third-order valence-corrected chi connectivity index (χ3v) is 2.92. The van der Waals surface area contributed by atoms with Crippen molar-refractivity contribution in [2.45, 2.75) is 10.9 Å². The van der Waals surface area contributed by atoms with Crippen molar-refractivity contribution >= 4 is 17.8 Å². The molecule has 0 aromatic heterocycles. The lowest BCUT2D eigenvalue weighted by Crippen LogP contribution is -2.10. The molecule has 1 aromatic rings. The van der Waals surface area contributed by atoms with Gasteiger partial charge in [-0.05, 0) is 24.0 Å². The number of thioether (sulfide) groups is 1. The number of aliphatic imine (C=N–C) groups is 1. The van der Waals surface area contributed by atoms with E-state index < -0.39 is 0 Å². The van der Waals surface area contributed by atoms with E-state index in [-0.39, 0.29) is 6.04 Å². The fraction of sp³-hybridized carbons (Fsp3) is 0.300. The van der Waals surface area contributed by atoms with Gasteiger partial charge in [-0.3, -0.25) is 0 Å². The lowest BCUT2D eigenvalue weighted by molar-refractivity contribution is 0.315. The predicted octanol–water partition coefficient (Wildman–Crippen LogP) is 1.79. The van der Waals surface area contributed by atoms with E-state index >= 15 is 0 Å². The van der Waals surface area contributed by atoms with E-state index in [0.717, 1.165) is 5.56 Å². The highest BCUT2D eigenvalue weighted by Gasteiger charge is 2.18. The maximum absolute atomic E-state index is 5.44. The fourth-order valence-electron chi connectivity index (χ4n) is 1.39. The van der Waals surface area contributed by atoms with Gasteiger partial charge in [0.05, 0.1) is 0 Å². The Labute approximate surface area is 87.4 Å². The summed E-state index contributed by atoms with van der Waals surface area (Å²) in [6.07, 6.45) is 2.06. The normalized spacial score (nSPS) is 20.4. The lowest BCUT2D eigenvalue weighted by Gasteiger charge is -2.05. The molecule has 0 saturated heterocycles. The third-order valence-electron chi connectivity index (χ3n) is 2.17. The Morgan fingerprint density at radius 3 is 2.64 bits per heavy atom. The summed E-state index contributed by atoms with van der Waals surface area (Å²) in [5.41, 5.74) is 6.60. The molecular weight excluding hydrogens is 196 g/mol. The molecule has 0 bridgehead atoms. The summed E-state index contributed by atoms with van der Waals surface area (Å²) < 4.78 is 5.10. The van der Waals surface area contributed by atoms with Gasteiger partial charge in [-0.15, -0.1) is 11.8 Å². The minimum Gasteiger partial charge on any atom is -0.463 e. The Kier molecular flexibility index (Phi) is 2.63. The van der Waals surface area contributed by atoms with E-state index in [4.69, 9.17) is 10.5 Å². The molecule has 0 saturated carbocycles. The van der Waals surface area contributed by atoms with E-state index in [1.165, 1.54) is 4.90 Å². The molecule has 1 aliphatic heterocycles. The molecule has 1 aromatic carbocycles. The number of hydrogen-bond donors (Lipinski definition) is 1. The lowest BCUT2D eigenvalue weighted by atomic mass is 10.1. The first-order valence-electron chi connectivity index (χ1n) is 4.39. The highest BCUT2D eigenvalue weighted by atomic mass is 32.2. The van der Waals surface area contributed by atoms with Gasteiger partial charge in [0.15, 0.2) is 0 Å². The second kappa shape index (κ2) is 3.92. The summed E-state index contributed by atoms with van der Waals surface area (Å²) in [4.78, 5) is 5.43. The van der Waals surface area contributed by atoms with Gasteiger partial charge in [-0.2, -0.15) is 0 Å². The van der Waals surface area contributed by atoms with Crippen molar-refractivity contribution < 1.29 is 4.74 Å². The standard InChI is InChI=1S/C10H12N2OS/c1-14-8-4-2-7(3-5-8)9-6-13-10(11)12-9/h2-5,9H,6H2,1H3,(H2,11,12). The zero-order chi connectivity index (χ0) is 9.97. The third kappa shape index (κ3) is 1.85. The van der Waals surface area contributed by atoms with Crippen LogP contribution in [0, 0.1) is 0 Å². The Balaban J connectivity index is 2.17. The molecule has 0 amide bonds. The van der Waals surface area contributed by atoms with Gasteiger partial charge >= 0.3 is 0 Å². The number of rotatable bonds is 2. The second-order valence-corrected chi connectivity index (χ2v) is 3.95. The maximum Gasteiger partial charge on any atom is 0.282 e. The molecule has 4 heteroatoms. The Bertz CT molecular complexity index is 348. The van der Waals surface area contributed by atoms with Crippen molar-refractivity contribution in [2.75, 3.05) is 12.9 Å². The quantitative estimate of drug-likeness (QED) is 0.754. The number of benzene rings is 1. The molecule has 3 nitrogen and oxygen atoms in total. The summed E-state index contributed by atoms with van der Waals surface area (Å²) in [6.45, 7) is 0.560. The largest absolute Gasteiger partial charge is 0.463 e. The predicted molar refractivity (Wildman–Crippen MR) is 58.5 cm³/mol. The minimum atomic E-state index is 0.0749. The molecule has 1 atom stereocenters. The van der Waals surface area contributed by atoms with Crippen LogP contribution in [-0.4, -0.2) is 18.9 Å². The van der Waals surface area contributed by atoms with Crippen LogP contribution in [0.15, 0.2) is 34.2 Å². The van der Waals surface area contributed by atoms with Gasteiger partial charge in [0.1, 0.15) is 12.6 Å². The number of hydrogen-bond acceptors (Lipinski definition) is 4. The van der Waals surface area contributed by atoms with Crippen molar-refractivity contribution in [3.8, 4) is 0 Å². The summed E-state index contributed by atoms with van der Waals surface area (Å²) in [5.74, 6) is 0. The fourth-order valence-corrected chi connectivity index (χ4v) is 1.80. The van der Waals surface area contributed by atoms with Crippen LogP contribution < -0.4 is 5.73 Å². The van der Waals surface area contributed by atoms with Crippen LogP contribution in [0.3, 0.4) is 0 Å². The molecule has 1 unspecified atom stereocenters. The molecule has 2 N–H and O–H groups in total. The second-order valence-electron chi connectivity index (χ2n) is 3.07. The topological polar surface area (TPSA) is 47.6 Å².